The van der Waals surface area contributed by atoms with Gasteiger partial charge in [0.15, 0.2) is 0 Å². The molecule has 0 aliphatic heterocycles. The van der Waals surface area contributed by atoms with E-state index in [0.29, 0.717) is 0 Å². The molecular weight excluding hydrogens is 949 g/mol. The van der Waals surface area contributed by atoms with Crippen molar-refractivity contribution in [2.45, 2.75) is 34.6 Å². The van der Waals surface area contributed by atoms with Crippen molar-refractivity contribution in [3.63, 3.8) is 0 Å². The maximum absolute atomic E-state index is 2.28. The lowest BCUT2D eigenvalue weighted by molar-refractivity contribution is 1.47. The fourth-order valence-electron chi connectivity index (χ4n) is 10.1. The summed E-state index contributed by atoms with van der Waals surface area (Å²) in [4.78, 5) is 0. The monoisotopic (exact) mass is 1010 g/mol. The summed E-state index contributed by atoms with van der Waals surface area (Å²) < 4.78 is 0. The molecule has 382 valence electrons. The van der Waals surface area contributed by atoms with Gasteiger partial charge in [-0.25, -0.2) is 0 Å². The van der Waals surface area contributed by atoms with E-state index in [2.05, 4.69) is 344 Å². The highest BCUT2D eigenvalue weighted by molar-refractivity contribution is 5.98. The molecular formula is C79H66. The minimum atomic E-state index is 1.26. The number of hydrogen-bond donors (Lipinski definition) is 0. The molecule has 0 aromatic heterocycles. The lowest BCUT2D eigenvalue weighted by atomic mass is 9.95. The summed E-state index contributed by atoms with van der Waals surface area (Å²) in [6.45, 7) is 10.6. The predicted octanol–water partition coefficient (Wildman–Crippen LogP) is 22.4. The number of benzene rings is 14. The van der Waals surface area contributed by atoms with Gasteiger partial charge in [0, 0.05) is 0 Å². The Morgan fingerprint density at radius 2 is 0.494 bits per heavy atom. The number of aryl methyl sites for hydroxylation is 5. The predicted molar refractivity (Wildman–Crippen MR) is 345 cm³/mol. The lowest BCUT2D eigenvalue weighted by Crippen LogP contribution is -1.83. The minimum Gasteiger partial charge on any atom is -0.0616 e. The zero-order valence-electron chi connectivity index (χ0n) is 45.9. The van der Waals surface area contributed by atoms with Crippen LogP contribution in [0.2, 0.25) is 0 Å². The number of fused-ring (bicyclic) bond motifs is 5. The molecule has 0 radical (unpaired) electrons. The molecule has 0 heteroatoms. The van der Waals surface area contributed by atoms with Gasteiger partial charge in [-0.15, -0.1) is 0 Å². The second-order valence-corrected chi connectivity index (χ2v) is 20.4. The topological polar surface area (TPSA) is 0 Å². The van der Waals surface area contributed by atoms with Crippen molar-refractivity contribution in [3.8, 4) is 44.5 Å². The van der Waals surface area contributed by atoms with Crippen LogP contribution in [0.25, 0.3) is 98.4 Å². The molecule has 79 heavy (non-hydrogen) atoms. The van der Waals surface area contributed by atoms with Crippen molar-refractivity contribution in [2.75, 3.05) is 0 Å². The Hall–Kier alpha value is -9.62. The van der Waals surface area contributed by atoms with Gasteiger partial charge >= 0.3 is 0 Å². The Bertz CT molecular complexity index is 4250. The van der Waals surface area contributed by atoms with Gasteiger partial charge in [-0.2, -0.15) is 0 Å². The summed E-state index contributed by atoms with van der Waals surface area (Å²) in [5.41, 5.74) is 16.8. The SMILES string of the molecule is Cc1ccc(-c2ccc3ccccc3c2)cc1.Cc1ccc(-c2cccc(-c3cccc4ccccc34)c2)cc1.Cc1ccc(-c2cccc3ccccc23)cc1.Cc1ccc2ccccc2c1.Cc1cccc2ccccc12. The molecule has 0 spiro atoms. The Morgan fingerprint density at radius 1 is 0.165 bits per heavy atom. The van der Waals surface area contributed by atoms with Crippen molar-refractivity contribution in [1.82, 2.24) is 0 Å². The van der Waals surface area contributed by atoms with Crippen LogP contribution in [0.5, 0.6) is 0 Å². The summed E-state index contributed by atoms with van der Waals surface area (Å²) in [6.07, 6.45) is 0. The molecule has 14 rings (SSSR count). The molecule has 0 atom stereocenters. The highest BCUT2D eigenvalue weighted by Crippen LogP contribution is 2.33. The van der Waals surface area contributed by atoms with E-state index >= 15 is 0 Å². The van der Waals surface area contributed by atoms with Gasteiger partial charge in [-0.1, -0.05) is 320 Å². The molecule has 14 aromatic carbocycles. The van der Waals surface area contributed by atoms with E-state index in [1.165, 1.54) is 126 Å². The van der Waals surface area contributed by atoms with Crippen LogP contribution in [0.1, 0.15) is 27.8 Å². The van der Waals surface area contributed by atoms with Gasteiger partial charge in [-0.3, -0.25) is 0 Å². The molecule has 0 unspecified atom stereocenters. The van der Waals surface area contributed by atoms with Crippen LogP contribution in [-0.4, -0.2) is 0 Å². The number of hydrogen-bond acceptors (Lipinski definition) is 0. The summed E-state index contributed by atoms with van der Waals surface area (Å²) >= 11 is 0. The first kappa shape index (κ1) is 52.8. The minimum absolute atomic E-state index is 1.26. The molecule has 0 amide bonds. The van der Waals surface area contributed by atoms with Crippen LogP contribution < -0.4 is 0 Å². The van der Waals surface area contributed by atoms with Gasteiger partial charge in [-0.05, 0) is 151 Å². The second kappa shape index (κ2) is 25.5. The molecule has 0 N–H and O–H groups in total. The summed E-state index contributed by atoms with van der Waals surface area (Å²) in [5, 5.41) is 13.1. The smallest absolute Gasteiger partial charge is 0.0105 e. The molecule has 0 saturated carbocycles. The summed E-state index contributed by atoms with van der Waals surface area (Å²) in [7, 11) is 0. The van der Waals surface area contributed by atoms with Crippen LogP contribution in [0.3, 0.4) is 0 Å². The summed E-state index contributed by atoms with van der Waals surface area (Å²) in [5.74, 6) is 0. The Morgan fingerprint density at radius 3 is 1.01 bits per heavy atom. The normalized spacial score (nSPS) is 10.6. The van der Waals surface area contributed by atoms with Crippen molar-refractivity contribution in [3.05, 3.63) is 337 Å². The second-order valence-electron chi connectivity index (χ2n) is 20.4. The third-order valence-corrected chi connectivity index (χ3v) is 14.5. The molecule has 0 aliphatic carbocycles. The van der Waals surface area contributed by atoms with Crippen LogP contribution in [0.4, 0.5) is 0 Å². The first-order valence-electron chi connectivity index (χ1n) is 27.4. The zero-order valence-corrected chi connectivity index (χ0v) is 45.9. The first-order chi connectivity index (χ1) is 38.7. The van der Waals surface area contributed by atoms with E-state index in [1.807, 2.05) is 0 Å². The molecule has 0 heterocycles. The fourth-order valence-corrected chi connectivity index (χ4v) is 10.1. The molecule has 0 nitrogen and oxygen atoms in total. The van der Waals surface area contributed by atoms with Gasteiger partial charge in [0.05, 0.1) is 0 Å². The fraction of sp³-hybridized carbons (Fsp3) is 0.0633. The molecule has 0 saturated heterocycles. The third kappa shape index (κ3) is 13.5. The molecule has 0 bridgehead atoms. The third-order valence-electron chi connectivity index (χ3n) is 14.5. The number of rotatable bonds is 4. The molecule has 0 fully saturated rings. The van der Waals surface area contributed by atoms with E-state index in [4.69, 9.17) is 0 Å². The Labute approximate surface area is 467 Å². The van der Waals surface area contributed by atoms with E-state index in [1.54, 1.807) is 0 Å². The first-order valence-corrected chi connectivity index (χ1v) is 27.4. The maximum atomic E-state index is 2.28. The zero-order chi connectivity index (χ0) is 54.3. The summed E-state index contributed by atoms with van der Waals surface area (Å²) in [6, 6.07) is 110. The van der Waals surface area contributed by atoms with Gasteiger partial charge < -0.3 is 0 Å². The van der Waals surface area contributed by atoms with E-state index < -0.39 is 0 Å². The van der Waals surface area contributed by atoms with Crippen LogP contribution >= 0.6 is 0 Å². The van der Waals surface area contributed by atoms with Crippen LogP contribution in [0.15, 0.2) is 309 Å². The quantitative estimate of drug-likeness (QED) is 0.165. The van der Waals surface area contributed by atoms with Crippen molar-refractivity contribution in [2.24, 2.45) is 0 Å². The van der Waals surface area contributed by atoms with Crippen LogP contribution in [-0.2, 0) is 0 Å². The Balaban J connectivity index is 0.000000114. The van der Waals surface area contributed by atoms with Crippen LogP contribution in [0, 0.1) is 34.6 Å². The maximum Gasteiger partial charge on any atom is -0.0105 e. The standard InChI is InChI=1S/C23H18.2C17H14.2C11H10/c1-17-12-14-18(15-13-17)20-8-4-9-21(16-20)23-11-5-7-19-6-2-3-10-22(19)23;1-13-9-11-15(12-10-13)17-8-4-6-14-5-2-3-7-16(14)17;1-13-6-8-15(9-7-13)17-11-10-14-4-2-3-5-16(14)12-17;1-9-5-4-7-10-6-2-3-8-11(9)10;1-9-6-7-10-4-2-3-5-11(10)8-9/h2-16H,1H3;2*2-12H,1H3;2*2-8H,1H3. The molecule has 0 aliphatic rings. The van der Waals surface area contributed by atoms with Gasteiger partial charge in [0.2, 0.25) is 0 Å². The molecule has 14 aromatic rings. The van der Waals surface area contributed by atoms with E-state index in [9.17, 15) is 0 Å². The highest BCUT2D eigenvalue weighted by Gasteiger charge is 2.07. The van der Waals surface area contributed by atoms with Crippen molar-refractivity contribution >= 4 is 53.9 Å². The Kier molecular flexibility index (Phi) is 17.0. The van der Waals surface area contributed by atoms with E-state index in [0.717, 1.165) is 0 Å². The lowest BCUT2D eigenvalue weighted by Gasteiger charge is -2.09. The van der Waals surface area contributed by atoms with Crippen molar-refractivity contribution in [1.29, 1.82) is 0 Å². The van der Waals surface area contributed by atoms with Gasteiger partial charge in [0.25, 0.3) is 0 Å². The van der Waals surface area contributed by atoms with Crippen molar-refractivity contribution < 1.29 is 0 Å². The largest absolute Gasteiger partial charge is 0.0616 e. The van der Waals surface area contributed by atoms with E-state index in [-0.39, 0.29) is 0 Å². The average molecular weight is 1020 g/mol. The highest BCUT2D eigenvalue weighted by atomic mass is 14.1. The average Bonchev–Trinajstić information content (AvgIpc) is 3.51. The van der Waals surface area contributed by atoms with Gasteiger partial charge in [0.1, 0.15) is 0 Å².